The van der Waals surface area contributed by atoms with E-state index in [1.54, 1.807) is 6.20 Å². The highest BCUT2D eigenvalue weighted by Gasteiger charge is 2.26. The van der Waals surface area contributed by atoms with Crippen LogP contribution in [0.4, 0.5) is 5.95 Å². The monoisotopic (exact) mass is 325 g/mol. The Hall–Kier alpha value is -3.47. The average molecular weight is 325 g/mol. The number of hydrogen-bond acceptors (Lipinski definition) is 4. The molecular formula is C20H15N5. The number of anilines is 1. The maximum atomic E-state index is 4.76. The van der Waals surface area contributed by atoms with Gasteiger partial charge in [0.1, 0.15) is 0 Å². The van der Waals surface area contributed by atoms with Crippen molar-refractivity contribution in [1.82, 2.24) is 19.5 Å². The average Bonchev–Trinajstić information content (AvgIpc) is 3.07. The molecule has 0 radical (unpaired) electrons. The summed E-state index contributed by atoms with van der Waals surface area (Å²) >= 11 is 0. The van der Waals surface area contributed by atoms with E-state index in [1.807, 2.05) is 60.8 Å². The predicted molar refractivity (Wildman–Crippen MR) is 97.9 cm³/mol. The minimum atomic E-state index is -0.0399. The van der Waals surface area contributed by atoms with E-state index < -0.39 is 0 Å². The molecule has 1 aliphatic heterocycles. The summed E-state index contributed by atoms with van der Waals surface area (Å²) in [5.74, 6) is 0.806. The molecule has 0 fully saturated rings. The first-order valence-corrected chi connectivity index (χ1v) is 8.18. The summed E-state index contributed by atoms with van der Waals surface area (Å²) in [5.41, 5.74) is 4.85. The molecule has 0 saturated heterocycles. The Morgan fingerprint density at radius 2 is 1.64 bits per heavy atom. The van der Waals surface area contributed by atoms with Crippen molar-refractivity contribution in [2.75, 3.05) is 5.32 Å². The molecule has 120 valence electrons. The van der Waals surface area contributed by atoms with Crippen LogP contribution < -0.4 is 5.32 Å². The second-order valence-corrected chi connectivity index (χ2v) is 5.91. The maximum absolute atomic E-state index is 4.76. The number of rotatable bonds is 2. The Kier molecular flexibility index (Phi) is 3.10. The van der Waals surface area contributed by atoms with E-state index in [0.717, 1.165) is 34.1 Å². The number of para-hydroxylation sites is 2. The van der Waals surface area contributed by atoms with Crippen LogP contribution in [0.5, 0.6) is 0 Å². The number of imidazole rings is 1. The van der Waals surface area contributed by atoms with Gasteiger partial charge in [0.2, 0.25) is 5.95 Å². The quantitative estimate of drug-likeness (QED) is 0.607. The first-order chi connectivity index (χ1) is 12.4. The lowest BCUT2D eigenvalue weighted by atomic mass is 10.1. The molecule has 1 atom stereocenters. The van der Waals surface area contributed by atoms with Crippen molar-refractivity contribution < 1.29 is 0 Å². The molecule has 0 aliphatic carbocycles. The third-order valence-electron chi connectivity index (χ3n) is 4.38. The zero-order valence-electron chi connectivity index (χ0n) is 13.4. The molecule has 5 heteroatoms. The zero-order valence-corrected chi connectivity index (χ0v) is 13.4. The van der Waals surface area contributed by atoms with Gasteiger partial charge in [-0.15, -0.1) is 0 Å². The van der Waals surface area contributed by atoms with E-state index in [1.165, 1.54) is 0 Å². The summed E-state index contributed by atoms with van der Waals surface area (Å²) in [6.07, 6.45) is 5.78. The fourth-order valence-corrected chi connectivity index (χ4v) is 3.25. The van der Waals surface area contributed by atoms with Gasteiger partial charge in [0.25, 0.3) is 0 Å². The van der Waals surface area contributed by atoms with Crippen LogP contribution in [0.25, 0.3) is 16.7 Å². The molecule has 1 aliphatic rings. The first kappa shape index (κ1) is 13.9. The Balaban J connectivity index is 1.74. The molecule has 5 rings (SSSR count). The van der Waals surface area contributed by atoms with E-state index in [9.17, 15) is 0 Å². The van der Waals surface area contributed by atoms with E-state index in [-0.39, 0.29) is 6.04 Å². The van der Waals surface area contributed by atoms with Crippen molar-refractivity contribution in [3.05, 3.63) is 90.5 Å². The van der Waals surface area contributed by atoms with Gasteiger partial charge in [-0.05, 0) is 42.5 Å². The van der Waals surface area contributed by atoms with Gasteiger partial charge in [-0.1, -0.05) is 24.3 Å². The summed E-state index contributed by atoms with van der Waals surface area (Å²) in [5, 5.41) is 3.43. The smallest absolute Gasteiger partial charge is 0.209 e. The Bertz CT molecular complexity index is 1070. The van der Waals surface area contributed by atoms with Gasteiger partial charge in [-0.3, -0.25) is 14.5 Å². The van der Waals surface area contributed by atoms with E-state index in [4.69, 9.17) is 4.98 Å². The van der Waals surface area contributed by atoms with Gasteiger partial charge in [0.15, 0.2) is 0 Å². The van der Waals surface area contributed by atoms with Gasteiger partial charge in [0, 0.05) is 12.4 Å². The first-order valence-electron chi connectivity index (χ1n) is 8.18. The number of fused-ring (bicyclic) bond motifs is 3. The lowest BCUT2D eigenvalue weighted by Gasteiger charge is -2.25. The largest absolute Gasteiger partial charge is 0.324 e. The van der Waals surface area contributed by atoms with Gasteiger partial charge >= 0.3 is 0 Å². The van der Waals surface area contributed by atoms with Gasteiger partial charge < -0.3 is 5.32 Å². The highest BCUT2D eigenvalue weighted by molar-refractivity contribution is 5.84. The molecule has 3 aromatic heterocycles. The second kappa shape index (κ2) is 5.56. The maximum Gasteiger partial charge on any atom is 0.209 e. The molecule has 5 nitrogen and oxygen atoms in total. The number of nitrogens with one attached hydrogen (secondary N) is 1. The molecule has 0 spiro atoms. The highest BCUT2D eigenvalue weighted by Crippen LogP contribution is 2.35. The van der Waals surface area contributed by atoms with E-state index in [2.05, 4.69) is 32.0 Å². The normalized spacial score (nSPS) is 16.2. The fraction of sp³-hybridized carbons (Fsp3) is 0.0500. The molecule has 0 saturated carbocycles. The van der Waals surface area contributed by atoms with Crippen LogP contribution in [0.2, 0.25) is 0 Å². The number of pyridine rings is 2. The van der Waals surface area contributed by atoms with Gasteiger partial charge in [0.05, 0.1) is 34.2 Å². The number of aromatic nitrogens is 4. The second-order valence-electron chi connectivity index (χ2n) is 5.91. The van der Waals surface area contributed by atoms with Crippen LogP contribution >= 0.6 is 0 Å². The lowest BCUT2D eigenvalue weighted by molar-refractivity contribution is 0.697. The Labute approximate surface area is 144 Å². The molecule has 1 N–H and O–H groups in total. The van der Waals surface area contributed by atoms with Gasteiger partial charge in [-0.2, -0.15) is 0 Å². The fourth-order valence-electron chi connectivity index (χ4n) is 3.25. The molecule has 1 unspecified atom stereocenters. The summed E-state index contributed by atoms with van der Waals surface area (Å²) in [6, 6.07) is 20.0. The highest BCUT2D eigenvalue weighted by atomic mass is 15.3. The third-order valence-corrected chi connectivity index (χ3v) is 4.38. The summed E-state index contributed by atoms with van der Waals surface area (Å²) in [7, 11) is 0. The summed E-state index contributed by atoms with van der Waals surface area (Å²) < 4.78 is 2.18. The molecule has 1 aromatic carbocycles. The lowest BCUT2D eigenvalue weighted by Crippen LogP contribution is -2.20. The molecule has 25 heavy (non-hydrogen) atoms. The van der Waals surface area contributed by atoms with Crippen molar-refractivity contribution in [2.45, 2.75) is 6.04 Å². The Morgan fingerprint density at radius 1 is 0.840 bits per heavy atom. The van der Waals surface area contributed by atoms with Crippen LogP contribution in [-0.2, 0) is 0 Å². The minimum Gasteiger partial charge on any atom is -0.324 e. The van der Waals surface area contributed by atoms with Gasteiger partial charge in [-0.25, -0.2) is 4.98 Å². The van der Waals surface area contributed by atoms with Crippen molar-refractivity contribution in [3.8, 4) is 0 Å². The minimum absolute atomic E-state index is 0.0399. The summed E-state index contributed by atoms with van der Waals surface area (Å²) in [4.78, 5) is 13.8. The van der Waals surface area contributed by atoms with E-state index in [0.29, 0.717) is 0 Å². The molecule has 4 aromatic rings. The molecule has 0 amide bonds. The number of allylic oxidation sites excluding steroid dienone is 1. The van der Waals surface area contributed by atoms with Crippen LogP contribution in [-0.4, -0.2) is 19.5 Å². The zero-order chi connectivity index (χ0) is 16.6. The van der Waals surface area contributed by atoms with Crippen LogP contribution in [0, 0.1) is 0 Å². The number of nitrogens with zero attached hydrogens (tertiary/aromatic N) is 4. The van der Waals surface area contributed by atoms with Crippen molar-refractivity contribution >= 4 is 22.7 Å². The summed E-state index contributed by atoms with van der Waals surface area (Å²) in [6.45, 7) is 0. The predicted octanol–water partition coefficient (Wildman–Crippen LogP) is 3.88. The number of hydrogen-bond donors (Lipinski definition) is 1. The van der Waals surface area contributed by atoms with Crippen LogP contribution in [0.3, 0.4) is 0 Å². The van der Waals surface area contributed by atoms with E-state index >= 15 is 0 Å². The Morgan fingerprint density at radius 3 is 2.44 bits per heavy atom. The molecule has 0 bridgehead atoms. The third kappa shape index (κ3) is 2.29. The van der Waals surface area contributed by atoms with Crippen molar-refractivity contribution in [3.63, 3.8) is 0 Å². The topological polar surface area (TPSA) is 55.6 Å². The van der Waals surface area contributed by atoms with Crippen molar-refractivity contribution in [2.24, 2.45) is 0 Å². The SMILES string of the molecule is C1=C(c2ccccn2)Nc2nc3ccccc3n2C1c1ccccn1. The van der Waals surface area contributed by atoms with Crippen molar-refractivity contribution in [1.29, 1.82) is 0 Å². The van der Waals surface area contributed by atoms with Crippen LogP contribution in [0.15, 0.2) is 79.1 Å². The molecule has 4 heterocycles. The number of benzene rings is 1. The standard InChI is InChI=1S/C20H15N5/c1-2-10-18-16(9-1)23-20-24-17(14-7-3-5-11-21-14)13-19(25(18)20)15-8-4-6-12-22-15/h1-13,19H,(H,23,24). The van der Waals surface area contributed by atoms with Crippen LogP contribution in [0.1, 0.15) is 17.4 Å². The molecular weight excluding hydrogens is 310 g/mol.